The zero-order chi connectivity index (χ0) is 14.3. The monoisotopic (exact) mass is 351 g/mol. The second-order valence-corrected chi connectivity index (χ2v) is 9.99. The third-order valence-electron chi connectivity index (χ3n) is 3.45. The molecule has 0 saturated carbocycles. The predicted octanol–water partition coefficient (Wildman–Crippen LogP) is 1.67. The van der Waals surface area contributed by atoms with E-state index in [2.05, 4.69) is 5.32 Å². The van der Waals surface area contributed by atoms with Crippen molar-refractivity contribution in [3.05, 3.63) is 21.4 Å². The highest BCUT2D eigenvalue weighted by atomic mass is 35.5. The van der Waals surface area contributed by atoms with Gasteiger partial charge in [-0.2, -0.15) is 11.8 Å². The number of alkyl halides is 1. The highest BCUT2D eigenvalue weighted by Gasteiger charge is 2.37. The highest BCUT2D eigenvalue weighted by Crippen LogP contribution is 2.32. The van der Waals surface area contributed by atoms with Crippen molar-refractivity contribution >= 4 is 50.4 Å². The fourth-order valence-corrected chi connectivity index (χ4v) is 7.26. The summed E-state index contributed by atoms with van der Waals surface area (Å²) < 4.78 is 23.0. The number of thiophene rings is 1. The van der Waals surface area contributed by atoms with Crippen LogP contribution < -0.4 is 5.32 Å². The number of hydrogen-bond acceptors (Lipinski definition) is 5. The number of fused-ring (bicyclic) bond motifs is 1. The number of aryl methyl sites for hydroxylation is 1. The average molecular weight is 352 g/mol. The SMILES string of the molecule is O=C(NC1CS(=O)(=O)CC1Cl)c1cc2c(s1)CCSC2. The number of hydrogen-bond donors (Lipinski definition) is 1. The van der Waals surface area contributed by atoms with Gasteiger partial charge in [-0.25, -0.2) is 8.42 Å². The molecule has 0 spiro atoms. The Hall–Kier alpha value is -0.240. The topological polar surface area (TPSA) is 63.2 Å². The quantitative estimate of drug-likeness (QED) is 0.823. The largest absolute Gasteiger partial charge is 0.346 e. The Labute approximate surface area is 131 Å². The fraction of sp³-hybridized carbons (Fsp3) is 0.583. The lowest BCUT2D eigenvalue weighted by atomic mass is 10.2. The first kappa shape index (κ1) is 14.7. The van der Waals surface area contributed by atoms with Crippen molar-refractivity contribution in [1.29, 1.82) is 0 Å². The van der Waals surface area contributed by atoms with Crippen molar-refractivity contribution in [3.8, 4) is 0 Å². The third kappa shape index (κ3) is 3.00. The zero-order valence-electron chi connectivity index (χ0n) is 10.6. The molecule has 0 bridgehead atoms. The maximum Gasteiger partial charge on any atom is 0.261 e. The number of nitrogens with one attached hydrogen (secondary N) is 1. The van der Waals surface area contributed by atoms with Crippen molar-refractivity contribution in [1.82, 2.24) is 5.32 Å². The Balaban J connectivity index is 1.72. The van der Waals surface area contributed by atoms with Gasteiger partial charge in [0.05, 0.1) is 27.8 Å². The van der Waals surface area contributed by atoms with E-state index in [0.717, 1.165) is 17.9 Å². The summed E-state index contributed by atoms with van der Waals surface area (Å²) in [5.41, 5.74) is 1.23. The van der Waals surface area contributed by atoms with E-state index in [4.69, 9.17) is 11.6 Å². The molecule has 1 aromatic rings. The molecular weight excluding hydrogens is 338 g/mol. The van der Waals surface area contributed by atoms with Crippen LogP contribution in [0.4, 0.5) is 0 Å². The minimum atomic E-state index is -3.12. The molecule has 0 aromatic carbocycles. The summed E-state index contributed by atoms with van der Waals surface area (Å²) in [6, 6.07) is 1.44. The van der Waals surface area contributed by atoms with E-state index in [1.165, 1.54) is 21.8 Å². The van der Waals surface area contributed by atoms with Gasteiger partial charge in [0.2, 0.25) is 0 Å². The maximum atomic E-state index is 12.2. The second kappa shape index (κ2) is 5.51. The molecule has 0 radical (unpaired) electrons. The van der Waals surface area contributed by atoms with Crippen molar-refractivity contribution in [2.75, 3.05) is 17.3 Å². The number of carbonyl (C=O) groups is 1. The molecule has 1 saturated heterocycles. The molecule has 110 valence electrons. The molecular formula is C12H14ClNO3S3. The molecule has 1 fully saturated rings. The van der Waals surface area contributed by atoms with Crippen LogP contribution in [0.25, 0.3) is 0 Å². The summed E-state index contributed by atoms with van der Waals surface area (Å²) in [6.07, 6.45) is 1.01. The molecule has 1 aromatic heterocycles. The van der Waals surface area contributed by atoms with E-state index in [1.807, 2.05) is 17.8 Å². The average Bonchev–Trinajstić information content (AvgIpc) is 2.90. The van der Waals surface area contributed by atoms with E-state index in [1.54, 1.807) is 0 Å². The van der Waals surface area contributed by atoms with Crippen LogP contribution in [0, 0.1) is 0 Å². The molecule has 1 amide bonds. The number of sulfone groups is 1. The number of halogens is 1. The van der Waals surface area contributed by atoms with Gasteiger partial charge in [-0.05, 0) is 23.8 Å². The lowest BCUT2D eigenvalue weighted by Crippen LogP contribution is -2.40. The van der Waals surface area contributed by atoms with Crippen molar-refractivity contribution in [2.24, 2.45) is 0 Å². The Kier molecular flexibility index (Phi) is 4.05. The summed E-state index contributed by atoms with van der Waals surface area (Å²) in [4.78, 5) is 14.1. The Morgan fingerprint density at radius 3 is 2.85 bits per heavy atom. The molecule has 0 aliphatic carbocycles. The molecule has 2 atom stereocenters. The maximum absolute atomic E-state index is 12.2. The van der Waals surface area contributed by atoms with Crippen LogP contribution in [0.15, 0.2) is 6.07 Å². The van der Waals surface area contributed by atoms with E-state index in [-0.39, 0.29) is 17.4 Å². The molecule has 2 aliphatic rings. The third-order valence-corrected chi connectivity index (χ3v) is 8.07. The predicted molar refractivity (Wildman–Crippen MR) is 83.7 cm³/mol. The van der Waals surface area contributed by atoms with Crippen LogP contribution in [0.1, 0.15) is 20.1 Å². The molecule has 4 nitrogen and oxygen atoms in total. The van der Waals surface area contributed by atoms with E-state index in [9.17, 15) is 13.2 Å². The molecule has 2 unspecified atom stereocenters. The van der Waals surface area contributed by atoms with Crippen molar-refractivity contribution < 1.29 is 13.2 Å². The van der Waals surface area contributed by atoms with Crippen LogP contribution in [0.5, 0.6) is 0 Å². The standard InChI is InChI=1S/C12H14ClNO3S3/c13-8-5-20(16,17)6-9(8)14-12(15)11-3-7-4-18-2-1-10(7)19-11/h3,8-9H,1-2,4-6H2,(H,14,15). The molecule has 2 aliphatic heterocycles. The van der Waals surface area contributed by atoms with Crippen LogP contribution in [0.3, 0.4) is 0 Å². The summed E-state index contributed by atoms with van der Waals surface area (Å²) >= 11 is 9.38. The summed E-state index contributed by atoms with van der Waals surface area (Å²) in [5.74, 6) is 1.72. The van der Waals surface area contributed by atoms with Crippen molar-refractivity contribution in [3.63, 3.8) is 0 Å². The summed E-state index contributed by atoms with van der Waals surface area (Å²) in [7, 11) is -3.12. The van der Waals surface area contributed by atoms with Gasteiger partial charge in [0.25, 0.3) is 5.91 Å². The van der Waals surface area contributed by atoms with Crippen molar-refractivity contribution in [2.45, 2.75) is 23.6 Å². The molecule has 1 N–H and O–H groups in total. The van der Waals surface area contributed by atoms with E-state index < -0.39 is 21.3 Å². The number of carbonyl (C=O) groups excluding carboxylic acids is 1. The van der Waals surface area contributed by atoms with Gasteiger partial charge in [-0.3, -0.25) is 4.79 Å². The van der Waals surface area contributed by atoms with Gasteiger partial charge >= 0.3 is 0 Å². The van der Waals surface area contributed by atoms with Crippen LogP contribution in [-0.4, -0.2) is 43.0 Å². The van der Waals surface area contributed by atoms with Gasteiger partial charge in [0, 0.05) is 10.6 Å². The Bertz CT molecular complexity index is 617. The minimum absolute atomic E-state index is 0.0584. The van der Waals surface area contributed by atoms with Crippen LogP contribution in [-0.2, 0) is 22.0 Å². The van der Waals surface area contributed by atoms with Gasteiger partial charge in [-0.15, -0.1) is 22.9 Å². The number of amides is 1. The lowest BCUT2D eigenvalue weighted by Gasteiger charge is -2.13. The summed E-state index contributed by atoms with van der Waals surface area (Å²) in [5, 5.41) is 2.23. The van der Waals surface area contributed by atoms with E-state index >= 15 is 0 Å². The van der Waals surface area contributed by atoms with Gasteiger partial charge in [0.1, 0.15) is 0 Å². The lowest BCUT2D eigenvalue weighted by molar-refractivity contribution is 0.0945. The normalized spacial score (nSPS) is 28.1. The molecule has 3 rings (SSSR count). The first-order valence-corrected chi connectivity index (χ1v) is 10.5. The van der Waals surface area contributed by atoms with E-state index in [0.29, 0.717) is 4.88 Å². The van der Waals surface area contributed by atoms with Crippen LogP contribution in [0.2, 0.25) is 0 Å². The van der Waals surface area contributed by atoms with Gasteiger partial charge in [0.15, 0.2) is 9.84 Å². The minimum Gasteiger partial charge on any atom is -0.346 e. The van der Waals surface area contributed by atoms with Gasteiger partial charge in [-0.1, -0.05) is 0 Å². The molecule has 8 heteroatoms. The number of rotatable bonds is 2. The zero-order valence-corrected chi connectivity index (χ0v) is 13.8. The van der Waals surface area contributed by atoms with Gasteiger partial charge < -0.3 is 5.32 Å². The molecule has 20 heavy (non-hydrogen) atoms. The smallest absolute Gasteiger partial charge is 0.261 e. The Morgan fingerprint density at radius 1 is 1.40 bits per heavy atom. The summed E-state index contributed by atoms with van der Waals surface area (Å²) in [6.45, 7) is 0. The molecule has 3 heterocycles. The number of thioether (sulfide) groups is 1. The Morgan fingerprint density at radius 2 is 2.20 bits per heavy atom. The van der Waals surface area contributed by atoms with Crippen LogP contribution >= 0.6 is 34.7 Å². The fourth-order valence-electron chi connectivity index (χ4n) is 2.44. The first-order valence-electron chi connectivity index (χ1n) is 6.29. The highest BCUT2D eigenvalue weighted by molar-refractivity contribution is 7.98. The first-order chi connectivity index (χ1) is 9.44. The second-order valence-electron chi connectivity index (χ2n) is 5.03.